The van der Waals surface area contributed by atoms with Crippen LogP contribution < -0.4 is 10.6 Å². The Bertz CT molecular complexity index is 579. The molecule has 0 aliphatic heterocycles. The van der Waals surface area contributed by atoms with Gasteiger partial charge in [0.25, 0.3) is 0 Å². The second-order valence-electron chi connectivity index (χ2n) is 5.38. The standard InChI is InChI=1S/C17H21N3S/c1-12(2)14-4-6-16(7-5-14)20-17(21)19-13(3)15-8-10-18-11-9-15/h4-13H,1-3H3,(H2,19,20,21)/t13-/m1/s1. The van der Waals surface area contributed by atoms with Crippen LogP contribution in [0.2, 0.25) is 0 Å². The van der Waals surface area contributed by atoms with Gasteiger partial charge in [-0.15, -0.1) is 0 Å². The summed E-state index contributed by atoms with van der Waals surface area (Å²) < 4.78 is 0. The number of benzene rings is 1. The summed E-state index contributed by atoms with van der Waals surface area (Å²) in [4.78, 5) is 4.02. The van der Waals surface area contributed by atoms with Gasteiger partial charge in [0.15, 0.2) is 5.11 Å². The summed E-state index contributed by atoms with van der Waals surface area (Å²) in [6.45, 7) is 6.45. The van der Waals surface area contributed by atoms with Crippen LogP contribution in [0, 0.1) is 0 Å². The van der Waals surface area contributed by atoms with Crippen LogP contribution in [0.5, 0.6) is 0 Å². The molecular formula is C17H21N3S. The number of rotatable bonds is 4. The summed E-state index contributed by atoms with van der Waals surface area (Å²) >= 11 is 5.36. The van der Waals surface area contributed by atoms with E-state index in [1.165, 1.54) is 5.56 Å². The molecule has 110 valence electrons. The molecule has 0 fully saturated rings. The van der Waals surface area contributed by atoms with Crippen molar-refractivity contribution in [2.24, 2.45) is 0 Å². The summed E-state index contributed by atoms with van der Waals surface area (Å²) in [5.41, 5.74) is 3.48. The average Bonchev–Trinajstić information content (AvgIpc) is 2.48. The Labute approximate surface area is 131 Å². The van der Waals surface area contributed by atoms with E-state index in [2.05, 4.69) is 60.7 Å². The van der Waals surface area contributed by atoms with Gasteiger partial charge >= 0.3 is 0 Å². The first-order chi connectivity index (χ1) is 10.1. The Hall–Kier alpha value is -1.94. The fourth-order valence-corrected chi connectivity index (χ4v) is 2.35. The zero-order chi connectivity index (χ0) is 15.2. The summed E-state index contributed by atoms with van der Waals surface area (Å²) in [7, 11) is 0. The van der Waals surface area contributed by atoms with Crippen LogP contribution in [0.3, 0.4) is 0 Å². The van der Waals surface area contributed by atoms with Crippen LogP contribution >= 0.6 is 12.2 Å². The summed E-state index contributed by atoms with van der Waals surface area (Å²) in [5, 5.41) is 7.11. The van der Waals surface area contributed by atoms with E-state index in [0.717, 1.165) is 11.3 Å². The highest BCUT2D eigenvalue weighted by Gasteiger charge is 2.07. The van der Waals surface area contributed by atoms with Crippen LogP contribution in [-0.2, 0) is 0 Å². The second kappa shape index (κ2) is 7.18. The first-order valence-corrected chi connectivity index (χ1v) is 7.54. The number of nitrogens with zero attached hydrogens (tertiary/aromatic N) is 1. The molecule has 0 saturated heterocycles. The predicted molar refractivity (Wildman–Crippen MR) is 92.5 cm³/mol. The minimum atomic E-state index is 0.142. The van der Waals surface area contributed by atoms with Crippen molar-refractivity contribution in [3.05, 3.63) is 59.9 Å². The SMILES string of the molecule is CC(C)c1ccc(NC(=S)N[C@H](C)c2ccncc2)cc1. The fraction of sp³-hybridized carbons (Fsp3) is 0.294. The quantitative estimate of drug-likeness (QED) is 0.828. The first-order valence-electron chi connectivity index (χ1n) is 7.13. The van der Waals surface area contributed by atoms with Gasteiger partial charge in [0.2, 0.25) is 0 Å². The maximum Gasteiger partial charge on any atom is 0.171 e. The molecule has 0 unspecified atom stereocenters. The second-order valence-corrected chi connectivity index (χ2v) is 5.79. The topological polar surface area (TPSA) is 37.0 Å². The molecule has 1 atom stereocenters. The molecule has 1 aromatic heterocycles. The number of hydrogen-bond donors (Lipinski definition) is 2. The number of pyridine rings is 1. The van der Waals surface area contributed by atoms with Crippen LogP contribution in [0.1, 0.15) is 43.9 Å². The zero-order valence-corrected chi connectivity index (χ0v) is 13.4. The molecule has 0 aliphatic rings. The minimum Gasteiger partial charge on any atom is -0.356 e. The van der Waals surface area contributed by atoms with Crippen molar-refractivity contribution in [2.45, 2.75) is 32.7 Å². The van der Waals surface area contributed by atoms with Gasteiger partial charge in [-0.1, -0.05) is 26.0 Å². The van der Waals surface area contributed by atoms with Gasteiger partial charge in [-0.2, -0.15) is 0 Å². The molecule has 2 rings (SSSR count). The van der Waals surface area contributed by atoms with Crippen LogP contribution in [0.25, 0.3) is 0 Å². The lowest BCUT2D eigenvalue weighted by Crippen LogP contribution is -2.30. The van der Waals surface area contributed by atoms with Crippen molar-refractivity contribution in [2.75, 3.05) is 5.32 Å². The molecule has 21 heavy (non-hydrogen) atoms. The number of aromatic nitrogens is 1. The van der Waals surface area contributed by atoms with Crippen LogP contribution in [0.15, 0.2) is 48.8 Å². The van der Waals surface area contributed by atoms with Gasteiger partial charge in [0, 0.05) is 18.1 Å². The van der Waals surface area contributed by atoms with E-state index in [4.69, 9.17) is 12.2 Å². The molecule has 0 saturated carbocycles. The number of hydrogen-bond acceptors (Lipinski definition) is 2. The highest BCUT2D eigenvalue weighted by molar-refractivity contribution is 7.80. The van der Waals surface area contributed by atoms with E-state index in [1.54, 1.807) is 12.4 Å². The van der Waals surface area contributed by atoms with E-state index >= 15 is 0 Å². The summed E-state index contributed by atoms with van der Waals surface area (Å²) in [5.74, 6) is 0.538. The van der Waals surface area contributed by atoms with E-state index in [-0.39, 0.29) is 6.04 Å². The van der Waals surface area contributed by atoms with Gasteiger partial charge in [0.1, 0.15) is 0 Å². The van der Waals surface area contributed by atoms with Gasteiger partial charge in [-0.3, -0.25) is 4.98 Å². The monoisotopic (exact) mass is 299 g/mol. The number of thiocarbonyl (C=S) groups is 1. The third-order valence-corrected chi connectivity index (χ3v) is 3.61. The Morgan fingerprint density at radius 2 is 1.57 bits per heavy atom. The number of anilines is 1. The Balaban J connectivity index is 1.92. The largest absolute Gasteiger partial charge is 0.356 e. The highest BCUT2D eigenvalue weighted by atomic mass is 32.1. The summed E-state index contributed by atoms with van der Waals surface area (Å²) in [6.07, 6.45) is 3.57. The molecule has 0 amide bonds. The lowest BCUT2D eigenvalue weighted by molar-refractivity contribution is 0.721. The zero-order valence-electron chi connectivity index (χ0n) is 12.6. The molecular weight excluding hydrogens is 278 g/mol. The van der Waals surface area contributed by atoms with Gasteiger partial charge < -0.3 is 10.6 Å². The Morgan fingerprint density at radius 1 is 0.952 bits per heavy atom. The van der Waals surface area contributed by atoms with Crippen molar-refractivity contribution in [3.8, 4) is 0 Å². The van der Waals surface area contributed by atoms with Crippen LogP contribution in [-0.4, -0.2) is 10.1 Å². The molecule has 0 radical (unpaired) electrons. The lowest BCUT2D eigenvalue weighted by atomic mass is 10.0. The van der Waals surface area contributed by atoms with E-state index in [0.29, 0.717) is 11.0 Å². The van der Waals surface area contributed by atoms with Gasteiger partial charge in [0.05, 0.1) is 6.04 Å². The lowest BCUT2D eigenvalue weighted by Gasteiger charge is -2.17. The third-order valence-electron chi connectivity index (χ3n) is 3.39. The first kappa shape index (κ1) is 15.4. The van der Waals surface area contributed by atoms with Gasteiger partial charge in [-0.25, -0.2) is 0 Å². The van der Waals surface area contributed by atoms with Crippen molar-refractivity contribution in [1.82, 2.24) is 10.3 Å². The van der Waals surface area contributed by atoms with E-state index in [9.17, 15) is 0 Å². The maximum absolute atomic E-state index is 5.36. The summed E-state index contributed by atoms with van der Waals surface area (Å²) in [6, 6.07) is 12.5. The molecule has 1 aromatic carbocycles. The van der Waals surface area contributed by atoms with Crippen molar-refractivity contribution in [3.63, 3.8) is 0 Å². The molecule has 3 nitrogen and oxygen atoms in total. The Morgan fingerprint density at radius 3 is 2.14 bits per heavy atom. The molecule has 0 bridgehead atoms. The molecule has 0 aliphatic carbocycles. The normalized spacial score (nSPS) is 12.0. The smallest absolute Gasteiger partial charge is 0.171 e. The predicted octanol–water partition coefficient (Wildman–Crippen LogP) is 4.25. The maximum atomic E-state index is 5.36. The van der Waals surface area contributed by atoms with Gasteiger partial charge in [-0.05, 0) is 60.5 Å². The Kier molecular flexibility index (Phi) is 5.28. The van der Waals surface area contributed by atoms with Crippen molar-refractivity contribution in [1.29, 1.82) is 0 Å². The fourth-order valence-electron chi connectivity index (χ4n) is 2.05. The molecule has 1 heterocycles. The molecule has 2 N–H and O–H groups in total. The van der Waals surface area contributed by atoms with E-state index in [1.807, 2.05) is 12.1 Å². The van der Waals surface area contributed by atoms with Crippen LogP contribution in [0.4, 0.5) is 5.69 Å². The highest BCUT2D eigenvalue weighted by Crippen LogP contribution is 2.17. The van der Waals surface area contributed by atoms with Crippen molar-refractivity contribution >= 4 is 23.0 Å². The number of nitrogens with one attached hydrogen (secondary N) is 2. The average molecular weight is 299 g/mol. The molecule has 2 aromatic rings. The van der Waals surface area contributed by atoms with E-state index < -0.39 is 0 Å². The van der Waals surface area contributed by atoms with Crippen molar-refractivity contribution < 1.29 is 0 Å². The third kappa shape index (κ3) is 4.53. The molecule has 0 spiro atoms. The minimum absolute atomic E-state index is 0.142. The molecule has 4 heteroatoms.